The molecule has 2 rings (SSSR count). The summed E-state index contributed by atoms with van der Waals surface area (Å²) >= 11 is 0. The van der Waals surface area contributed by atoms with Crippen molar-refractivity contribution < 1.29 is 31.1 Å². The second-order valence-electron chi connectivity index (χ2n) is 5.09. The van der Waals surface area contributed by atoms with Gasteiger partial charge < -0.3 is 10.1 Å². The number of benzene rings is 1. The normalized spacial score (nSPS) is 19.6. The molecule has 0 aromatic heterocycles. The molecule has 1 atom stereocenters. The highest BCUT2D eigenvalue weighted by molar-refractivity contribution is 7.88. The minimum Gasteiger partial charge on any atom is -0.406 e. The number of rotatable bonds is 4. The summed E-state index contributed by atoms with van der Waals surface area (Å²) in [7, 11) is -3.49. The first-order valence-electron chi connectivity index (χ1n) is 6.70. The van der Waals surface area contributed by atoms with Gasteiger partial charge in [0, 0.05) is 12.2 Å². The van der Waals surface area contributed by atoms with E-state index in [1.807, 2.05) is 0 Å². The highest BCUT2D eigenvalue weighted by Gasteiger charge is 2.36. The molecular formula is C13H15F3N2O4S. The zero-order valence-electron chi connectivity index (χ0n) is 12.1. The maximum atomic E-state index is 12.2. The van der Waals surface area contributed by atoms with Crippen LogP contribution in [0.4, 0.5) is 18.9 Å². The maximum Gasteiger partial charge on any atom is 0.573 e. The zero-order valence-corrected chi connectivity index (χ0v) is 12.9. The molecule has 1 aromatic carbocycles. The minimum absolute atomic E-state index is 0.255. The van der Waals surface area contributed by atoms with Crippen LogP contribution in [0.5, 0.6) is 5.75 Å². The van der Waals surface area contributed by atoms with E-state index in [9.17, 15) is 26.4 Å². The Labute approximate surface area is 131 Å². The molecule has 1 amide bonds. The van der Waals surface area contributed by atoms with Crippen molar-refractivity contribution in [1.29, 1.82) is 0 Å². The first kappa shape index (κ1) is 17.5. The number of anilines is 1. The van der Waals surface area contributed by atoms with Gasteiger partial charge >= 0.3 is 6.36 Å². The summed E-state index contributed by atoms with van der Waals surface area (Å²) < 4.78 is 64.2. The third-order valence-corrected chi connectivity index (χ3v) is 4.58. The number of hydrogen-bond donors (Lipinski definition) is 1. The summed E-state index contributed by atoms with van der Waals surface area (Å²) in [6, 6.07) is 3.81. The lowest BCUT2D eigenvalue weighted by atomic mass is 10.2. The second-order valence-corrected chi connectivity index (χ2v) is 7.03. The summed E-state index contributed by atoms with van der Waals surface area (Å²) in [5.74, 6) is -0.924. The van der Waals surface area contributed by atoms with Gasteiger partial charge in [-0.25, -0.2) is 8.42 Å². The largest absolute Gasteiger partial charge is 0.573 e. The van der Waals surface area contributed by atoms with E-state index in [4.69, 9.17) is 0 Å². The van der Waals surface area contributed by atoms with Crippen LogP contribution in [0.2, 0.25) is 0 Å². The molecule has 1 fully saturated rings. The molecule has 1 aromatic rings. The van der Waals surface area contributed by atoms with E-state index in [2.05, 4.69) is 10.1 Å². The predicted octanol–water partition coefficient (Wildman–Crippen LogP) is 1.95. The van der Waals surface area contributed by atoms with Gasteiger partial charge in [-0.3, -0.25) is 4.79 Å². The molecule has 0 unspecified atom stereocenters. The van der Waals surface area contributed by atoms with Crippen LogP contribution < -0.4 is 10.1 Å². The summed E-state index contributed by atoms with van der Waals surface area (Å²) in [4.78, 5) is 12.2. The Balaban J connectivity index is 2.03. The van der Waals surface area contributed by atoms with Crippen LogP contribution in [0.25, 0.3) is 0 Å². The maximum absolute atomic E-state index is 12.2. The Morgan fingerprint density at radius 3 is 2.43 bits per heavy atom. The van der Waals surface area contributed by atoms with Crippen molar-refractivity contribution in [1.82, 2.24) is 4.31 Å². The number of sulfonamides is 1. The molecule has 0 saturated carbocycles. The average Bonchev–Trinajstić information content (AvgIpc) is 2.88. The van der Waals surface area contributed by atoms with Crippen LogP contribution >= 0.6 is 0 Å². The number of amides is 1. The van der Waals surface area contributed by atoms with Crippen molar-refractivity contribution in [3.8, 4) is 5.75 Å². The molecule has 10 heteroatoms. The Kier molecular flexibility index (Phi) is 4.85. The van der Waals surface area contributed by atoms with E-state index in [0.717, 1.165) is 22.7 Å². The van der Waals surface area contributed by atoms with Crippen molar-refractivity contribution in [2.24, 2.45) is 0 Å². The van der Waals surface area contributed by atoms with Gasteiger partial charge in [0.25, 0.3) is 0 Å². The fourth-order valence-electron chi connectivity index (χ4n) is 2.36. The lowest BCUT2D eigenvalue weighted by Crippen LogP contribution is -2.42. The third-order valence-electron chi connectivity index (χ3n) is 3.29. The monoisotopic (exact) mass is 352 g/mol. The molecule has 1 aliphatic rings. The zero-order chi connectivity index (χ0) is 17.3. The van der Waals surface area contributed by atoms with E-state index in [1.165, 1.54) is 12.1 Å². The molecule has 6 nitrogen and oxygen atoms in total. The van der Waals surface area contributed by atoms with E-state index < -0.39 is 34.1 Å². The van der Waals surface area contributed by atoms with Gasteiger partial charge in [0.2, 0.25) is 15.9 Å². The van der Waals surface area contributed by atoms with E-state index in [-0.39, 0.29) is 12.2 Å². The van der Waals surface area contributed by atoms with Gasteiger partial charge in [0.15, 0.2) is 0 Å². The number of alkyl halides is 3. The van der Waals surface area contributed by atoms with Gasteiger partial charge in [-0.2, -0.15) is 4.31 Å². The number of nitrogens with one attached hydrogen (secondary N) is 1. The van der Waals surface area contributed by atoms with Gasteiger partial charge in [0.05, 0.1) is 6.26 Å². The van der Waals surface area contributed by atoms with Crippen LogP contribution in [-0.4, -0.2) is 43.8 Å². The van der Waals surface area contributed by atoms with E-state index in [0.29, 0.717) is 12.8 Å². The third kappa shape index (κ3) is 4.83. The summed E-state index contributed by atoms with van der Waals surface area (Å²) in [5.41, 5.74) is 0.255. The molecule has 1 N–H and O–H groups in total. The predicted molar refractivity (Wildman–Crippen MR) is 76.3 cm³/mol. The minimum atomic E-state index is -4.79. The molecule has 1 saturated heterocycles. The number of carbonyl (C=O) groups excluding carboxylic acids is 1. The summed E-state index contributed by atoms with van der Waals surface area (Å²) in [6.07, 6.45) is -2.79. The standard InChI is InChI=1S/C13H15F3N2O4S/c1-23(20,21)18-8-2-3-11(18)12(19)17-9-4-6-10(7-5-9)22-13(14,15)16/h4-7,11H,2-3,8H2,1H3,(H,17,19)/t11-/m0/s1. The molecule has 1 heterocycles. The fraction of sp³-hybridized carbons (Fsp3) is 0.462. The summed E-state index contributed by atoms with van der Waals surface area (Å²) in [6.45, 7) is 0.273. The molecule has 0 radical (unpaired) electrons. The Morgan fingerprint density at radius 2 is 1.91 bits per heavy atom. The lowest BCUT2D eigenvalue weighted by Gasteiger charge is -2.21. The van der Waals surface area contributed by atoms with Crippen LogP contribution in [0.3, 0.4) is 0 Å². The van der Waals surface area contributed by atoms with Gasteiger partial charge in [-0.1, -0.05) is 0 Å². The molecule has 0 spiro atoms. The highest BCUT2D eigenvalue weighted by atomic mass is 32.2. The number of nitrogens with zero attached hydrogens (tertiary/aromatic N) is 1. The number of halogens is 3. The van der Waals surface area contributed by atoms with E-state index in [1.54, 1.807) is 0 Å². The average molecular weight is 352 g/mol. The first-order valence-corrected chi connectivity index (χ1v) is 8.54. The molecule has 128 valence electrons. The highest BCUT2D eigenvalue weighted by Crippen LogP contribution is 2.25. The van der Waals surface area contributed by atoms with Crippen molar-refractivity contribution in [3.63, 3.8) is 0 Å². The van der Waals surface area contributed by atoms with Gasteiger partial charge in [-0.15, -0.1) is 13.2 Å². The van der Waals surface area contributed by atoms with Crippen LogP contribution in [0.1, 0.15) is 12.8 Å². The molecule has 1 aliphatic heterocycles. The lowest BCUT2D eigenvalue weighted by molar-refractivity contribution is -0.274. The smallest absolute Gasteiger partial charge is 0.406 e. The van der Waals surface area contributed by atoms with Gasteiger partial charge in [0.1, 0.15) is 11.8 Å². The van der Waals surface area contributed by atoms with Crippen molar-refractivity contribution >= 4 is 21.6 Å². The number of hydrogen-bond acceptors (Lipinski definition) is 4. The van der Waals surface area contributed by atoms with Crippen LogP contribution in [-0.2, 0) is 14.8 Å². The molecule has 0 aliphatic carbocycles. The van der Waals surface area contributed by atoms with Crippen molar-refractivity contribution in [2.45, 2.75) is 25.2 Å². The fourth-order valence-corrected chi connectivity index (χ4v) is 3.49. The number of ether oxygens (including phenoxy) is 1. The molecule has 23 heavy (non-hydrogen) atoms. The SMILES string of the molecule is CS(=O)(=O)N1CCC[C@H]1C(=O)Nc1ccc(OC(F)(F)F)cc1. The van der Waals surface area contributed by atoms with Crippen molar-refractivity contribution in [3.05, 3.63) is 24.3 Å². The Morgan fingerprint density at radius 1 is 1.30 bits per heavy atom. The van der Waals surface area contributed by atoms with E-state index >= 15 is 0 Å². The van der Waals surface area contributed by atoms with Crippen LogP contribution in [0, 0.1) is 0 Å². The second kappa shape index (κ2) is 6.36. The first-order chi connectivity index (χ1) is 10.6. The Bertz CT molecular complexity index is 673. The topological polar surface area (TPSA) is 75.7 Å². The Hall–Kier alpha value is -1.81. The van der Waals surface area contributed by atoms with Gasteiger partial charge in [-0.05, 0) is 37.1 Å². The molecule has 0 bridgehead atoms. The summed E-state index contributed by atoms with van der Waals surface area (Å²) in [5, 5.41) is 2.49. The van der Waals surface area contributed by atoms with Crippen LogP contribution in [0.15, 0.2) is 24.3 Å². The van der Waals surface area contributed by atoms with Crippen molar-refractivity contribution in [2.75, 3.05) is 18.1 Å². The quantitative estimate of drug-likeness (QED) is 0.899. The molecular weight excluding hydrogens is 337 g/mol. The number of carbonyl (C=O) groups is 1.